The second kappa shape index (κ2) is 6.67. The Morgan fingerprint density at radius 2 is 1.67 bits per heavy atom. The van der Waals surface area contributed by atoms with E-state index < -0.39 is 11.7 Å². The fraction of sp³-hybridized carbons (Fsp3) is 0.316. The first-order chi connectivity index (χ1) is 11.5. The van der Waals surface area contributed by atoms with E-state index in [0.717, 1.165) is 25.0 Å². The van der Waals surface area contributed by atoms with Gasteiger partial charge in [-0.1, -0.05) is 30.3 Å². The highest BCUT2D eigenvalue weighted by Crippen LogP contribution is 2.36. The van der Waals surface area contributed by atoms with Gasteiger partial charge < -0.3 is 4.90 Å². The average Bonchev–Trinajstić information content (AvgIpc) is 2.61. The summed E-state index contributed by atoms with van der Waals surface area (Å²) in [6.07, 6.45) is -2.06. The summed E-state index contributed by atoms with van der Waals surface area (Å²) in [5.41, 5.74) is 1.23. The molecule has 1 aliphatic rings. The molecule has 0 aromatic heterocycles. The third kappa shape index (κ3) is 3.45. The summed E-state index contributed by atoms with van der Waals surface area (Å²) in [5, 5.41) is 0. The van der Waals surface area contributed by atoms with Crippen molar-refractivity contribution in [3.05, 3.63) is 65.2 Å². The molecule has 0 spiro atoms. The zero-order valence-electron chi connectivity index (χ0n) is 13.1. The second-order valence-corrected chi connectivity index (χ2v) is 6.06. The van der Waals surface area contributed by atoms with E-state index in [1.54, 1.807) is 0 Å². The van der Waals surface area contributed by atoms with Crippen molar-refractivity contribution in [2.75, 3.05) is 18.0 Å². The van der Waals surface area contributed by atoms with Gasteiger partial charge in [0.05, 0.1) is 5.56 Å². The third-order valence-electron chi connectivity index (χ3n) is 4.59. The smallest absolute Gasteiger partial charge is 0.371 e. The summed E-state index contributed by atoms with van der Waals surface area (Å²) in [4.78, 5) is 13.1. The van der Waals surface area contributed by atoms with Crippen LogP contribution in [0.4, 0.5) is 18.9 Å². The number of rotatable bonds is 3. The van der Waals surface area contributed by atoms with Crippen molar-refractivity contribution in [3.8, 4) is 0 Å². The van der Waals surface area contributed by atoms with Crippen LogP contribution in [-0.2, 0) is 6.18 Å². The number of hydrogen-bond acceptors (Lipinski definition) is 2. The molecule has 1 saturated heterocycles. The van der Waals surface area contributed by atoms with Crippen LogP contribution in [0.2, 0.25) is 0 Å². The molecule has 0 bridgehead atoms. The van der Waals surface area contributed by atoms with Gasteiger partial charge in [0, 0.05) is 24.3 Å². The van der Waals surface area contributed by atoms with Crippen molar-refractivity contribution in [1.29, 1.82) is 0 Å². The first-order valence-corrected chi connectivity index (χ1v) is 7.95. The van der Waals surface area contributed by atoms with Gasteiger partial charge >= 0.3 is 6.18 Å². The number of alkyl halides is 3. The molecule has 2 nitrogen and oxygen atoms in total. The molecule has 1 heterocycles. The largest absolute Gasteiger partial charge is 0.416 e. The molecule has 0 N–H and O–H groups in total. The highest BCUT2D eigenvalue weighted by Gasteiger charge is 2.32. The minimum atomic E-state index is -4.40. The lowest BCUT2D eigenvalue weighted by Crippen LogP contribution is -2.33. The maximum atomic E-state index is 12.9. The Hall–Kier alpha value is -2.30. The Morgan fingerprint density at radius 1 is 1.00 bits per heavy atom. The Balaban J connectivity index is 1.79. The van der Waals surface area contributed by atoms with Gasteiger partial charge in [0.15, 0.2) is 6.29 Å². The van der Waals surface area contributed by atoms with Crippen LogP contribution in [0.1, 0.15) is 40.2 Å². The van der Waals surface area contributed by atoms with Gasteiger partial charge in [-0.25, -0.2) is 0 Å². The first kappa shape index (κ1) is 16.6. The number of halogens is 3. The molecule has 24 heavy (non-hydrogen) atoms. The van der Waals surface area contributed by atoms with Crippen LogP contribution in [0.15, 0.2) is 48.5 Å². The van der Waals surface area contributed by atoms with Crippen LogP contribution in [0.3, 0.4) is 0 Å². The van der Waals surface area contributed by atoms with Crippen molar-refractivity contribution >= 4 is 12.0 Å². The molecule has 0 atom stereocenters. The summed E-state index contributed by atoms with van der Waals surface area (Å²) in [6.45, 7) is 1.28. The SMILES string of the molecule is O=Cc1ccc(C(F)(F)F)cc1N1CCC(c2ccccc2)CC1. The molecule has 2 aromatic carbocycles. The van der Waals surface area contributed by atoms with Gasteiger partial charge in [0.25, 0.3) is 0 Å². The number of carbonyl (C=O) groups is 1. The first-order valence-electron chi connectivity index (χ1n) is 7.95. The maximum absolute atomic E-state index is 12.9. The fourth-order valence-electron chi connectivity index (χ4n) is 3.27. The van der Waals surface area contributed by atoms with Crippen molar-refractivity contribution < 1.29 is 18.0 Å². The Labute approximate surface area is 138 Å². The molecule has 1 aliphatic heterocycles. The molecular formula is C19H18F3NO. The summed E-state index contributed by atoms with van der Waals surface area (Å²) in [6, 6.07) is 13.4. The van der Waals surface area contributed by atoms with Crippen LogP contribution in [0, 0.1) is 0 Å². The minimum Gasteiger partial charge on any atom is -0.371 e. The molecular weight excluding hydrogens is 315 g/mol. The number of benzene rings is 2. The predicted molar refractivity (Wildman–Crippen MR) is 87.5 cm³/mol. The van der Waals surface area contributed by atoms with Crippen LogP contribution >= 0.6 is 0 Å². The quantitative estimate of drug-likeness (QED) is 0.745. The van der Waals surface area contributed by atoms with Gasteiger partial charge in [-0.15, -0.1) is 0 Å². The lowest BCUT2D eigenvalue weighted by molar-refractivity contribution is -0.137. The van der Waals surface area contributed by atoms with Crippen LogP contribution in [0.25, 0.3) is 0 Å². The number of anilines is 1. The molecule has 126 valence electrons. The summed E-state index contributed by atoms with van der Waals surface area (Å²) < 4.78 is 38.8. The molecule has 1 fully saturated rings. The van der Waals surface area contributed by atoms with Gasteiger partial charge in [-0.3, -0.25) is 4.79 Å². The summed E-state index contributed by atoms with van der Waals surface area (Å²) in [7, 11) is 0. The van der Waals surface area contributed by atoms with Gasteiger partial charge in [0.2, 0.25) is 0 Å². The zero-order valence-corrected chi connectivity index (χ0v) is 13.1. The van der Waals surface area contributed by atoms with E-state index in [9.17, 15) is 18.0 Å². The monoisotopic (exact) mass is 333 g/mol. The van der Waals surface area contributed by atoms with E-state index >= 15 is 0 Å². The minimum absolute atomic E-state index is 0.307. The zero-order chi connectivity index (χ0) is 17.2. The second-order valence-electron chi connectivity index (χ2n) is 6.06. The molecule has 3 rings (SSSR count). The average molecular weight is 333 g/mol. The number of piperidine rings is 1. The van der Waals surface area contributed by atoms with Crippen molar-refractivity contribution in [3.63, 3.8) is 0 Å². The van der Waals surface area contributed by atoms with Crippen LogP contribution < -0.4 is 4.90 Å². The van der Waals surface area contributed by atoms with E-state index in [4.69, 9.17) is 0 Å². The topological polar surface area (TPSA) is 20.3 Å². The lowest BCUT2D eigenvalue weighted by atomic mass is 9.89. The molecule has 0 amide bonds. The normalized spacial score (nSPS) is 16.2. The molecule has 0 aliphatic carbocycles. The Morgan fingerprint density at radius 3 is 2.25 bits per heavy atom. The highest BCUT2D eigenvalue weighted by molar-refractivity contribution is 5.85. The van der Waals surface area contributed by atoms with E-state index in [2.05, 4.69) is 12.1 Å². The maximum Gasteiger partial charge on any atom is 0.416 e. The van der Waals surface area contributed by atoms with E-state index in [1.807, 2.05) is 23.1 Å². The Kier molecular flexibility index (Phi) is 4.60. The van der Waals surface area contributed by atoms with Crippen molar-refractivity contribution in [2.45, 2.75) is 24.9 Å². The highest BCUT2D eigenvalue weighted by atomic mass is 19.4. The summed E-state index contributed by atoms with van der Waals surface area (Å²) in [5.74, 6) is 0.410. The van der Waals surface area contributed by atoms with Crippen LogP contribution in [-0.4, -0.2) is 19.4 Å². The standard InChI is InChI=1S/C19H18F3NO/c20-19(21,22)17-7-6-16(13-24)18(12-17)23-10-8-15(9-11-23)14-4-2-1-3-5-14/h1-7,12-13,15H,8-11H2. The van der Waals surface area contributed by atoms with Gasteiger partial charge in [-0.2, -0.15) is 13.2 Å². The van der Waals surface area contributed by atoms with E-state index in [0.29, 0.717) is 36.5 Å². The number of nitrogens with zero attached hydrogens (tertiary/aromatic N) is 1. The molecule has 5 heteroatoms. The van der Waals surface area contributed by atoms with E-state index in [1.165, 1.54) is 11.6 Å². The predicted octanol–water partition coefficient (Wildman–Crippen LogP) is 4.90. The third-order valence-corrected chi connectivity index (χ3v) is 4.59. The van der Waals surface area contributed by atoms with Gasteiger partial charge in [-0.05, 0) is 42.5 Å². The lowest BCUT2D eigenvalue weighted by Gasteiger charge is -2.34. The Bertz CT molecular complexity index is 704. The number of carbonyl (C=O) groups excluding carboxylic acids is 1. The van der Waals surface area contributed by atoms with Crippen molar-refractivity contribution in [1.82, 2.24) is 0 Å². The number of hydrogen-bond donors (Lipinski definition) is 0. The molecule has 0 saturated carbocycles. The molecule has 2 aromatic rings. The fourth-order valence-corrected chi connectivity index (χ4v) is 3.27. The molecule has 0 unspecified atom stereocenters. The molecule has 0 radical (unpaired) electrons. The number of aldehydes is 1. The van der Waals surface area contributed by atoms with Gasteiger partial charge in [0.1, 0.15) is 0 Å². The van der Waals surface area contributed by atoms with Crippen LogP contribution in [0.5, 0.6) is 0 Å². The summed E-state index contributed by atoms with van der Waals surface area (Å²) >= 11 is 0. The van der Waals surface area contributed by atoms with E-state index in [-0.39, 0.29) is 0 Å². The van der Waals surface area contributed by atoms with Crippen molar-refractivity contribution in [2.24, 2.45) is 0 Å².